The van der Waals surface area contributed by atoms with Crippen LogP contribution in [0.3, 0.4) is 0 Å². The van der Waals surface area contributed by atoms with Gasteiger partial charge in [-0.1, -0.05) is 19.1 Å². The van der Waals surface area contributed by atoms with E-state index >= 15 is 0 Å². The minimum Gasteiger partial charge on any atom is -0.479 e. The van der Waals surface area contributed by atoms with Crippen LogP contribution in [-0.4, -0.2) is 31.0 Å². The van der Waals surface area contributed by atoms with Gasteiger partial charge in [0.15, 0.2) is 6.10 Å². The normalized spacial score (nSPS) is 14.2. The third-order valence-corrected chi connectivity index (χ3v) is 4.00. The summed E-state index contributed by atoms with van der Waals surface area (Å²) >= 11 is 0. The Morgan fingerprint density at radius 1 is 1.00 bits per heavy atom. The van der Waals surface area contributed by atoms with Gasteiger partial charge in [-0.05, 0) is 42.8 Å². The zero-order valence-electron chi connectivity index (χ0n) is 13.9. The van der Waals surface area contributed by atoms with Gasteiger partial charge in [0.1, 0.15) is 5.75 Å². The molecule has 0 spiro atoms. The Balaban J connectivity index is 1.81. The lowest BCUT2D eigenvalue weighted by molar-refractivity contribution is -0.148. The van der Waals surface area contributed by atoms with Crippen molar-refractivity contribution in [2.24, 2.45) is 0 Å². The summed E-state index contributed by atoms with van der Waals surface area (Å²) in [5.41, 5.74) is 1.23. The highest BCUT2D eigenvalue weighted by atomic mass is 16.6. The van der Waals surface area contributed by atoms with Crippen molar-refractivity contribution in [3.63, 3.8) is 0 Å². The van der Waals surface area contributed by atoms with Crippen LogP contribution in [0.15, 0.2) is 48.5 Å². The number of rotatable bonds is 5. The molecule has 0 bridgehead atoms. The zero-order chi connectivity index (χ0) is 18.0. The number of amides is 2. The minimum atomic E-state index is -0.699. The molecule has 2 aromatic carbocycles. The lowest BCUT2D eigenvalue weighted by Crippen LogP contribution is -2.29. The number of fused-ring (bicyclic) bond motifs is 1. The monoisotopic (exact) mass is 339 g/mol. The summed E-state index contributed by atoms with van der Waals surface area (Å²) in [6, 6.07) is 13.2. The number of benzene rings is 2. The largest absolute Gasteiger partial charge is 0.479 e. The maximum Gasteiger partial charge on any atom is 0.347 e. The highest BCUT2D eigenvalue weighted by Crippen LogP contribution is 2.29. The predicted molar refractivity (Wildman–Crippen MR) is 90.7 cm³/mol. The van der Waals surface area contributed by atoms with Gasteiger partial charge < -0.3 is 9.47 Å². The lowest BCUT2D eigenvalue weighted by Gasteiger charge is -2.17. The zero-order valence-corrected chi connectivity index (χ0v) is 13.9. The van der Waals surface area contributed by atoms with E-state index in [1.807, 2.05) is 6.92 Å². The van der Waals surface area contributed by atoms with Crippen molar-refractivity contribution in [2.45, 2.75) is 19.4 Å². The van der Waals surface area contributed by atoms with Crippen molar-refractivity contribution in [2.75, 3.05) is 12.0 Å². The van der Waals surface area contributed by atoms with Gasteiger partial charge in [-0.25, -0.2) is 9.69 Å². The number of hydrogen-bond acceptors (Lipinski definition) is 5. The average molecular weight is 339 g/mol. The summed E-state index contributed by atoms with van der Waals surface area (Å²) < 4.78 is 10.3. The van der Waals surface area contributed by atoms with Crippen molar-refractivity contribution in [1.29, 1.82) is 0 Å². The van der Waals surface area contributed by atoms with Crippen LogP contribution in [0.1, 0.15) is 34.1 Å². The fraction of sp³-hybridized carbons (Fsp3) is 0.211. The van der Waals surface area contributed by atoms with Gasteiger partial charge in [-0.15, -0.1) is 0 Å². The molecule has 0 radical (unpaired) electrons. The van der Waals surface area contributed by atoms with Crippen LogP contribution in [0.5, 0.6) is 5.75 Å². The average Bonchev–Trinajstić information content (AvgIpc) is 2.91. The fourth-order valence-corrected chi connectivity index (χ4v) is 2.69. The van der Waals surface area contributed by atoms with E-state index in [4.69, 9.17) is 4.74 Å². The second-order valence-corrected chi connectivity index (χ2v) is 5.52. The van der Waals surface area contributed by atoms with Crippen LogP contribution in [0.4, 0.5) is 5.69 Å². The lowest BCUT2D eigenvalue weighted by atomic mass is 10.1. The molecule has 1 heterocycles. The fourth-order valence-electron chi connectivity index (χ4n) is 2.69. The first-order chi connectivity index (χ1) is 12.1. The molecule has 6 heteroatoms. The summed E-state index contributed by atoms with van der Waals surface area (Å²) in [6.07, 6.45) is -0.234. The Morgan fingerprint density at radius 3 is 2.04 bits per heavy atom. The second-order valence-electron chi connectivity index (χ2n) is 5.52. The first kappa shape index (κ1) is 16.7. The molecule has 0 N–H and O–H groups in total. The molecule has 0 saturated carbocycles. The molecule has 25 heavy (non-hydrogen) atoms. The van der Waals surface area contributed by atoms with Crippen molar-refractivity contribution >= 4 is 23.5 Å². The molecule has 0 aliphatic carbocycles. The van der Waals surface area contributed by atoms with Gasteiger partial charge >= 0.3 is 5.97 Å². The van der Waals surface area contributed by atoms with E-state index < -0.39 is 12.1 Å². The Labute approximate surface area is 145 Å². The van der Waals surface area contributed by atoms with Gasteiger partial charge in [0.05, 0.1) is 23.9 Å². The summed E-state index contributed by atoms with van der Waals surface area (Å²) in [6.45, 7) is 1.81. The van der Waals surface area contributed by atoms with Gasteiger partial charge in [-0.3, -0.25) is 9.59 Å². The third-order valence-electron chi connectivity index (χ3n) is 4.00. The highest BCUT2D eigenvalue weighted by Gasteiger charge is 2.36. The van der Waals surface area contributed by atoms with E-state index in [2.05, 4.69) is 4.74 Å². The van der Waals surface area contributed by atoms with E-state index in [1.165, 1.54) is 7.11 Å². The van der Waals surface area contributed by atoms with Gasteiger partial charge in [0.2, 0.25) is 0 Å². The van der Waals surface area contributed by atoms with Crippen LogP contribution in [-0.2, 0) is 9.53 Å². The van der Waals surface area contributed by atoms with Crippen molar-refractivity contribution in [1.82, 2.24) is 0 Å². The van der Waals surface area contributed by atoms with Gasteiger partial charge in [0.25, 0.3) is 11.8 Å². The molecule has 2 aromatic rings. The van der Waals surface area contributed by atoms with Crippen LogP contribution in [0.25, 0.3) is 0 Å². The summed E-state index contributed by atoms with van der Waals surface area (Å²) in [5, 5.41) is 0. The molecule has 1 atom stereocenters. The second kappa shape index (κ2) is 6.76. The van der Waals surface area contributed by atoms with Gasteiger partial charge in [0, 0.05) is 0 Å². The number of ether oxygens (including phenoxy) is 2. The summed E-state index contributed by atoms with van der Waals surface area (Å²) in [5.74, 6) is -0.699. The van der Waals surface area contributed by atoms with E-state index in [1.54, 1.807) is 48.5 Å². The smallest absolute Gasteiger partial charge is 0.347 e. The minimum absolute atomic E-state index is 0.352. The maximum absolute atomic E-state index is 12.5. The standard InChI is InChI=1S/C19H17NO5/c1-3-16(19(23)24-2)25-13-10-8-12(9-11-13)20-17(21)14-6-4-5-7-15(14)18(20)22/h4-11,16H,3H2,1-2H3/t16-/m0/s1. The molecule has 6 nitrogen and oxygen atoms in total. The number of imide groups is 1. The molecule has 0 aromatic heterocycles. The van der Waals surface area contributed by atoms with E-state index in [0.717, 1.165) is 4.90 Å². The highest BCUT2D eigenvalue weighted by molar-refractivity contribution is 6.34. The molecule has 3 rings (SSSR count). The van der Waals surface area contributed by atoms with Gasteiger partial charge in [-0.2, -0.15) is 0 Å². The summed E-state index contributed by atoms with van der Waals surface area (Å²) in [7, 11) is 1.31. The predicted octanol–water partition coefficient (Wildman–Crippen LogP) is 2.82. The molecular weight excluding hydrogens is 322 g/mol. The van der Waals surface area contributed by atoms with E-state index in [-0.39, 0.29) is 11.8 Å². The number of carbonyl (C=O) groups excluding carboxylic acids is 3. The first-order valence-corrected chi connectivity index (χ1v) is 7.89. The number of nitrogens with zero attached hydrogens (tertiary/aromatic N) is 1. The molecule has 0 saturated heterocycles. The van der Waals surface area contributed by atoms with Crippen LogP contribution in [0, 0.1) is 0 Å². The van der Waals surface area contributed by atoms with Crippen LogP contribution < -0.4 is 9.64 Å². The van der Waals surface area contributed by atoms with Crippen molar-refractivity contribution in [3.8, 4) is 5.75 Å². The Bertz CT molecular complexity index is 793. The molecular formula is C19H17NO5. The SMILES string of the molecule is CC[C@H](Oc1ccc(N2C(=O)c3ccccc3C2=O)cc1)C(=O)OC. The topological polar surface area (TPSA) is 72.9 Å². The summed E-state index contributed by atoms with van der Waals surface area (Å²) in [4.78, 5) is 37.6. The third kappa shape index (κ3) is 2.98. The first-order valence-electron chi connectivity index (χ1n) is 7.89. The van der Waals surface area contributed by atoms with E-state index in [9.17, 15) is 14.4 Å². The van der Waals surface area contributed by atoms with Crippen molar-refractivity contribution in [3.05, 3.63) is 59.7 Å². The molecule has 0 unspecified atom stereocenters. The Kier molecular flexibility index (Phi) is 4.52. The molecule has 2 amide bonds. The molecule has 128 valence electrons. The number of hydrogen-bond donors (Lipinski definition) is 0. The number of esters is 1. The quantitative estimate of drug-likeness (QED) is 0.619. The Hall–Kier alpha value is -3.15. The van der Waals surface area contributed by atoms with E-state index in [0.29, 0.717) is 29.0 Å². The maximum atomic E-state index is 12.5. The van der Waals surface area contributed by atoms with Crippen LogP contribution >= 0.6 is 0 Å². The molecule has 0 fully saturated rings. The van der Waals surface area contributed by atoms with Crippen molar-refractivity contribution < 1.29 is 23.9 Å². The molecule has 1 aliphatic rings. The van der Waals surface area contributed by atoms with Crippen LogP contribution in [0.2, 0.25) is 0 Å². The number of carbonyl (C=O) groups is 3. The number of methoxy groups -OCH3 is 1. The number of anilines is 1. The molecule has 1 aliphatic heterocycles. The Morgan fingerprint density at radius 2 is 1.56 bits per heavy atom.